The zero-order chi connectivity index (χ0) is 10.4. The highest BCUT2D eigenvalue weighted by molar-refractivity contribution is 5.21. The number of rotatable bonds is 5. The van der Waals surface area contributed by atoms with Gasteiger partial charge in [0.1, 0.15) is 0 Å². The Morgan fingerprint density at radius 1 is 1.46 bits per heavy atom. The van der Waals surface area contributed by atoms with E-state index < -0.39 is 0 Å². The molecule has 0 heterocycles. The predicted molar refractivity (Wildman–Crippen MR) is 60.7 cm³/mol. The number of allylic oxidation sites excluding steroid dienone is 2. The molecule has 13 heavy (non-hydrogen) atoms. The molecule has 76 valence electrons. The lowest BCUT2D eigenvalue weighted by Gasteiger charge is -2.26. The Morgan fingerprint density at radius 3 is 2.31 bits per heavy atom. The third kappa shape index (κ3) is 3.67. The van der Waals surface area contributed by atoms with E-state index in [1.54, 1.807) is 0 Å². The maximum Gasteiger partial charge on any atom is 0.0349 e. The molecule has 0 aliphatic heterocycles. The van der Waals surface area contributed by atoms with E-state index in [9.17, 15) is 0 Å². The molecule has 0 aliphatic rings. The normalized spacial score (nSPS) is 12.8. The molecule has 0 atom stereocenters. The van der Waals surface area contributed by atoms with Crippen LogP contribution in [0.4, 0.5) is 0 Å². The van der Waals surface area contributed by atoms with Crippen molar-refractivity contribution in [2.75, 3.05) is 7.05 Å². The zero-order valence-electron chi connectivity index (χ0n) is 9.72. The molecule has 0 rings (SSSR count). The van der Waals surface area contributed by atoms with E-state index in [1.165, 1.54) is 24.1 Å². The Kier molecular flexibility index (Phi) is 5.52. The molecule has 0 aromatic rings. The number of nitrogens with zero attached hydrogens (tertiary/aromatic N) is 1. The lowest BCUT2D eigenvalue weighted by Crippen LogP contribution is -2.25. The number of hydrogen-bond acceptors (Lipinski definition) is 1. The molecule has 0 amide bonds. The predicted octanol–water partition coefficient (Wildman–Crippen LogP) is 3.59. The first kappa shape index (κ1) is 12.3. The summed E-state index contributed by atoms with van der Waals surface area (Å²) in [5.74, 6) is 0. The van der Waals surface area contributed by atoms with Crippen molar-refractivity contribution in [2.24, 2.45) is 0 Å². The van der Waals surface area contributed by atoms with Crippen LogP contribution in [0.1, 0.15) is 40.5 Å². The number of hydrogen-bond donors (Lipinski definition) is 0. The maximum absolute atomic E-state index is 3.87. The first-order valence-corrected chi connectivity index (χ1v) is 5.09. The van der Waals surface area contributed by atoms with Crippen LogP contribution < -0.4 is 0 Å². The van der Waals surface area contributed by atoms with Crippen molar-refractivity contribution in [1.29, 1.82) is 0 Å². The summed E-state index contributed by atoms with van der Waals surface area (Å²) in [5, 5.41) is 0. The molecule has 1 nitrogen and oxygen atoms in total. The average Bonchev–Trinajstić information content (AvgIpc) is 2.05. The third-order valence-corrected chi connectivity index (χ3v) is 2.41. The molecule has 0 radical (unpaired) electrons. The maximum atomic E-state index is 3.87. The minimum absolute atomic E-state index is 0.541. The quantitative estimate of drug-likeness (QED) is 0.586. The molecule has 0 saturated heterocycles. The van der Waals surface area contributed by atoms with E-state index >= 15 is 0 Å². The summed E-state index contributed by atoms with van der Waals surface area (Å²) >= 11 is 0. The molecular formula is C12H23N. The van der Waals surface area contributed by atoms with Crippen LogP contribution in [0.15, 0.2) is 23.9 Å². The van der Waals surface area contributed by atoms with Gasteiger partial charge in [0.05, 0.1) is 0 Å². The summed E-state index contributed by atoms with van der Waals surface area (Å²) in [6, 6.07) is 0.541. The molecular weight excluding hydrogens is 158 g/mol. The standard InChI is InChI=1S/C12H23N/c1-7-9-11(5)12(8-2)13(6)10(3)4/h8,10H,2,7,9H2,1,3-6H3/b12-11-. The van der Waals surface area contributed by atoms with Crippen molar-refractivity contribution < 1.29 is 0 Å². The van der Waals surface area contributed by atoms with E-state index in [4.69, 9.17) is 0 Å². The van der Waals surface area contributed by atoms with Gasteiger partial charge in [-0.1, -0.05) is 19.9 Å². The largest absolute Gasteiger partial charge is 0.372 e. The summed E-state index contributed by atoms with van der Waals surface area (Å²) in [6.07, 6.45) is 4.33. The summed E-state index contributed by atoms with van der Waals surface area (Å²) in [5.41, 5.74) is 2.73. The Labute approximate surface area is 83.1 Å². The lowest BCUT2D eigenvalue weighted by molar-refractivity contribution is 0.350. The van der Waals surface area contributed by atoms with Crippen molar-refractivity contribution in [2.45, 2.75) is 46.6 Å². The molecule has 0 aromatic heterocycles. The highest BCUT2D eigenvalue weighted by Gasteiger charge is 2.07. The van der Waals surface area contributed by atoms with E-state index in [1.807, 2.05) is 6.08 Å². The minimum atomic E-state index is 0.541. The van der Waals surface area contributed by atoms with Gasteiger partial charge in [-0.3, -0.25) is 0 Å². The van der Waals surface area contributed by atoms with Gasteiger partial charge in [0, 0.05) is 18.8 Å². The van der Waals surface area contributed by atoms with Crippen LogP contribution in [-0.2, 0) is 0 Å². The van der Waals surface area contributed by atoms with Crippen molar-refractivity contribution in [3.05, 3.63) is 23.9 Å². The first-order chi connectivity index (χ1) is 6.04. The fourth-order valence-corrected chi connectivity index (χ4v) is 1.40. The van der Waals surface area contributed by atoms with Crippen LogP contribution in [0.5, 0.6) is 0 Å². The third-order valence-electron chi connectivity index (χ3n) is 2.41. The topological polar surface area (TPSA) is 3.24 Å². The Bertz CT molecular complexity index is 189. The molecule has 0 bridgehead atoms. The molecule has 0 saturated carbocycles. The second-order valence-corrected chi connectivity index (χ2v) is 3.82. The van der Waals surface area contributed by atoms with Gasteiger partial charge in [0.2, 0.25) is 0 Å². The van der Waals surface area contributed by atoms with Gasteiger partial charge in [-0.2, -0.15) is 0 Å². The van der Waals surface area contributed by atoms with Crippen LogP contribution in [0, 0.1) is 0 Å². The molecule has 0 unspecified atom stereocenters. The fraction of sp³-hybridized carbons (Fsp3) is 0.667. The summed E-state index contributed by atoms with van der Waals surface area (Å²) in [7, 11) is 2.13. The highest BCUT2D eigenvalue weighted by atomic mass is 15.1. The minimum Gasteiger partial charge on any atom is -0.372 e. The van der Waals surface area contributed by atoms with Crippen LogP contribution in [0.25, 0.3) is 0 Å². The Morgan fingerprint density at radius 2 is 2.00 bits per heavy atom. The van der Waals surface area contributed by atoms with Gasteiger partial charge in [0.15, 0.2) is 0 Å². The zero-order valence-corrected chi connectivity index (χ0v) is 9.72. The van der Waals surface area contributed by atoms with Crippen LogP contribution in [-0.4, -0.2) is 18.0 Å². The number of likely N-dealkylation sites (N-methyl/N-ethyl adjacent to an activating group) is 1. The van der Waals surface area contributed by atoms with E-state index in [0.717, 1.165) is 0 Å². The van der Waals surface area contributed by atoms with E-state index in [2.05, 4.69) is 46.2 Å². The monoisotopic (exact) mass is 181 g/mol. The van der Waals surface area contributed by atoms with Crippen LogP contribution >= 0.6 is 0 Å². The summed E-state index contributed by atoms with van der Waals surface area (Å²) < 4.78 is 0. The van der Waals surface area contributed by atoms with Gasteiger partial charge in [0.25, 0.3) is 0 Å². The molecule has 0 aromatic carbocycles. The van der Waals surface area contributed by atoms with Crippen molar-refractivity contribution in [1.82, 2.24) is 4.90 Å². The molecule has 0 spiro atoms. The van der Waals surface area contributed by atoms with E-state index in [0.29, 0.717) is 6.04 Å². The van der Waals surface area contributed by atoms with Crippen molar-refractivity contribution in [3.63, 3.8) is 0 Å². The van der Waals surface area contributed by atoms with Gasteiger partial charge in [-0.25, -0.2) is 0 Å². The average molecular weight is 181 g/mol. The van der Waals surface area contributed by atoms with E-state index in [-0.39, 0.29) is 0 Å². The van der Waals surface area contributed by atoms with Crippen LogP contribution in [0.3, 0.4) is 0 Å². The SMILES string of the molecule is C=C/C(=C(\C)CCC)N(C)C(C)C. The fourth-order valence-electron chi connectivity index (χ4n) is 1.40. The molecule has 0 N–H and O–H groups in total. The first-order valence-electron chi connectivity index (χ1n) is 5.09. The van der Waals surface area contributed by atoms with Crippen molar-refractivity contribution >= 4 is 0 Å². The smallest absolute Gasteiger partial charge is 0.0349 e. The second-order valence-electron chi connectivity index (χ2n) is 3.82. The van der Waals surface area contributed by atoms with Crippen LogP contribution in [0.2, 0.25) is 0 Å². The van der Waals surface area contributed by atoms with Gasteiger partial charge in [-0.05, 0) is 38.8 Å². The molecule has 1 heteroatoms. The molecule has 0 aliphatic carbocycles. The highest BCUT2D eigenvalue weighted by Crippen LogP contribution is 2.16. The Hall–Kier alpha value is -0.720. The molecule has 0 fully saturated rings. The van der Waals surface area contributed by atoms with Gasteiger partial charge >= 0.3 is 0 Å². The summed E-state index contributed by atoms with van der Waals surface area (Å²) in [4.78, 5) is 2.28. The van der Waals surface area contributed by atoms with Gasteiger partial charge < -0.3 is 4.90 Å². The Balaban J connectivity index is 4.65. The lowest BCUT2D eigenvalue weighted by atomic mass is 10.1. The van der Waals surface area contributed by atoms with Gasteiger partial charge in [-0.15, -0.1) is 0 Å². The summed E-state index contributed by atoms with van der Waals surface area (Å²) in [6.45, 7) is 12.7. The van der Waals surface area contributed by atoms with Crippen molar-refractivity contribution in [3.8, 4) is 0 Å². The second kappa shape index (κ2) is 5.85.